The van der Waals surface area contributed by atoms with E-state index in [2.05, 4.69) is 26.6 Å². The first-order chi connectivity index (χ1) is 14.8. The third-order valence-corrected chi connectivity index (χ3v) is 4.85. The molecule has 0 aliphatic carbocycles. The van der Waals surface area contributed by atoms with Crippen LogP contribution in [0, 0.1) is 17.0 Å². The summed E-state index contributed by atoms with van der Waals surface area (Å²) in [7, 11) is 0. The van der Waals surface area contributed by atoms with Crippen molar-refractivity contribution in [3.8, 4) is 0 Å². The Morgan fingerprint density at radius 2 is 1.55 bits per heavy atom. The fourth-order valence-electron chi connectivity index (χ4n) is 2.65. The molecule has 0 unspecified atom stereocenters. The van der Waals surface area contributed by atoms with Crippen LogP contribution in [0.4, 0.5) is 11.4 Å². The summed E-state index contributed by atoms with van der Waals surface area (Å²) in [5.41, 5.74) is 2.44. The zero-order valence-corrected chi connectivity index (χ0v) is 18.0. The molecular formula is C23H18BrN3O4. The minimum atomic E-state index is -0.558. The summed E-state index contributed by atoms with van der Waals surface area (Å²) in [6, 6.07) is 19.6. The highest BCUT2D eigenvalue weighted by Gasteiger charge is 2.16. The van der Waals surface area contributed by atoms with Gasteiger partial charge in [0.15, 0.2) is 0 Å². The fraction of sp³-hybridized carbons (Fsp3) is 0.0435. The monoisotopic (exact) mass is 479 g/mol. The zero-order valence-electron chi connectivity index (χ0n) is 16.5. The zero-order chi connectivity index (χ0) is 22.4. The van der Waals surface area contributed by atoms with Crippen molar-refractivity contribution in [2.24, 2.45) is 0 Å². The minimum Gasteiger partial charge on any atom is -0.321 e. The van der Waals surface area contributed by atoms with Gasteiger partial charge in [-0.15, -0.1) is 0 Å². The molecule has 3 aromatic rings. The molecule has 0 radical (unpaired) electrons. The molecule has 0 fully saturated rings. The maximum absolute atomic E-state index is 12.9. The van der Waals surface area contributed by atoms with E-state index in [0.717, 1.165) is 10.0 Å². The summed E-state index contributed by atoms with van der Waals surface area (Å²) in [6.45, 7) is 1.91. The minimum absolute atomic E-state index is 0.0336. The smallest absolute Gasteiger partial charge is 0.272 e. The first kappa shape index (κ1) is 21.9. The number of hydrogen-bond acceptors (Lipinski definition) is 4. The fourth-order valence-corrected chi connectivity index (χ4v) is 2.91. The van der Waals surface area contributed by atoms with E-state index >= 15 is 0 Å². The normalized spacial score (nSPS) is 11.0. The Morgan fingerprint density at radius 1 is 0.935 bits per heavy atom. The van der Waals surface area contributed by atoms with Crippen LogP contribution >= 0.6 is 15.9 Å². The molecule has 0 bridgehead atoms. The average molecular weight is 480 g/mol. The number of rotatable bonds is 6. The number of hydrogen-bond donors (Lipinski definition) is 2. The quantitative estimate of drug-likeness (QED) is 0.292. The number of nitrogens with one attached hydrogen (secondary N) is 2. The van der Waals surface area contributed by atoms with Crippen LogP contribution in [0.2, 0.25) is 0 Å². The molecule has 31 heavy (non-hydrogen) atoms. The van der Waals surface area contributed by atoms with Crippen LogP contribution in [-0.2, 0) is 4.79 Å². The van der Waals surface area contributed by atoms with Crippen molar-refractivity contribution in [1.29, 1.82) is 0 Å². The SMILES string of the molecule is Cc1ccc(C(=O)NC(=Cc2ccc(Br)cc2)C(=O)Nc2ccc([N+](=O)[O-])cc2)cc1. The molecule has 0 saturated carbocycles. The van der Waals surface area contributed by atoms with E-state index in [-0.39, 0.29) is 11.4 Å². The largest absolute Gasteiger partial charge is 0.321 e. The lowest BCUT2D eigenvalue weighted by atomic mass is 10.1. The maximum Gasteiger partial charge on any atom is 0.272 e. The van der Waals surface area contributed by atoms with Crippen LogP contribution < -0.4 is 10.6 Å². The lowest BCUT2D eigenvalue weighted by Gasteiger charge is -2.11. The lowest BCUT2D eigenvalue weighted by Crippen LogP contribution is -2.30. The number of benzene rings is 3. The predicted octanol–water partition coefficient (Wildman–Crippen LogP) is 5.08. The molecule has 2 N–H and O–H groups in total. The van der Waals surface area contributed by atoms with E-state index in [0.29, 0.717) is 16.8 Å². The van der Waals surface area contributed by atoms with Crippen molar-refractivity contribution in [2.45, 2.75) is 6.92 Å². The van der Waals surface area contributed by atoms with E-state index in [4.69, 9.17) is 0 Å². The Bertz CT molecular complexity index is 1140. The van der Waals surface area contributed by atoms with Crippen LogP contribution in [0.3, 0.4) is 0 Å². The molecule has 3 aromatic carbocycles. The van der Waals surface area contributed by atoms with E-state index in [1.54, 1.807) is 30.3 Å². The van der Waals surface area contributed by atoms with Gasteiger partial charge in [-0.3, -0.25) is 19.7 Å². The van der Waals surface area contributed by atoms with Crippen LogP contribution in [0.15, 0.2) is 83.0 Å². The molecule has 3 rings (SSSR count). The third kappa shape index (κ3) is 6.10. The lowest BCUT2D eigenvalue weighted by molar-refractivity contribution is -0.384. The molecule has 0 aromatic heterocycles. The Kier molecular flexibility index (Phi) is 6.94. The number of halogens is 1. The molecule has 7 nitrogen and oxygen atoms in total. The summed E-state index contributed by atoms with van der Waals surface area (Å²) in [6.07, 6.45) is 1.55. The molecule has 0 saturated heterocycles. The van der Waals surface area contributed by atoms with Gasteiger partial charge in [0.25, 0.3) is 17.5 Å². The van der Waals surface area contributed by atoms with Crippen LogP contribution in [0.1, 0.15) is 21.5 Å². The van der Waals surface area contributed by atoms with Crippen molar-refractivity contribution in [3.63, 3.8) is 0 Å². The van der Waals surface area contributed by atoms with E-state index in [1.165, 1.54) is 24.3 Å². The Labute approximate surface area is 187 Å². The first-order valence-corrected chi connectivity index (χ1v) is 10.0. The Balaban J connectivity index is 1.86. The van der Waals surface area contributed by atoms with Gasteiger partial charge >= 0.3 is 0 Å². The second kappa shape index (κ2) is 9.82. The molecule has 0 spiro atoms. The third-order valence-electron chi connectivity index (χ3n) is 4.32. The number of non-ortho nitro benzene ring substituents is 1. The van der Waals surface area contributed by atoms with Gasteiger partial charge in [0, 0.05) is 27.9 Å². The number of nitrogens with zero attached hydrogens (tertiary/aromatic N) is 1. The second-order valence-electron chi connectivity index (χ2n) is 6.69. The van der Waals surface area contributed by atoms with Gasteiger partial charge in [0.2, 0.25) is 0 Å². The van der Waals surface area contributed by atoms with Crippen molar-refractivity contribution in [2.75, 3.05) is 5.32 Å². The number of carbonyl (C=O) groups excluding carboxylic acids is 2. The summed E-state index contributed by atoms with van der Waals surface area (Å²) < 4.78 is 0.880. The van der Waals surface area contributed by atoms with Crippen molar-refractivity contribution < 1.29 is 14.5 Å². The summed E-state index contributed by atoms with van der Waals surface area (Å²) in [5, 5.41) is 16.1. The highest BCUT2D eigenvalue weighted by atomic mass is 79.9. The molecule has 0 heterocycles. The predicted molar refractivity (Wildman–Crippen MR) is 122 cm³/mol. The molecule has 8 heteroatoms. The van der Waals surface area contributed by atoms with Crippen LogP contribution in [0.5, 0.6) is 0 Å². The van der Waals surface area contributed by atoms with Gasteiger partial charge in [-0.25, -0.2) is 0 Å². The molecular weight excluding hydrogens is 462 g/mol. The van der Waals surface area contributed by atoms with E-state index in [9.17, 15) is 19.7 Å². The van der Waals surface area contributed by atoms with Gasteiger partial charge in [-0.1, -0.05) is 45.8 Å². The van der Waals surface area contributed by atoms with Gasteiger partial charge in [-0.05, 0) is 55.0 Å². The summed E-state index contributed by atoms with van der Waals surface area (Å²) in [5.74, 6) is -0.987. The van der Waals surface area contributed by atoms with Crippen molar-refractivity contribution in [3.05, 3.63) is 110 Å². The number of amides is 2. The van der Waals surface area contributed by atoms with Crippen molar-refractivity contribution >= 4 is 45.2 Å². The summed E-state index contributed by atoms with van der Waals surface area (Å²) >= 11 is 3.36. The summed E-state index contributed by atoms with van der Waals surface area (Å²) in [4.78, 5) is 35.8. The molecule has 0 aliphatic heterocycles. The Morgan fingerprint density at radius 3 is 2.13 bits per heavy atom. The van der Waals surface area contributed by atoms with E-state index < -0.39 is 16.7 Å². The number of carbonyl (C=O) groups is 2. The number of nitro benzene ring substituents is 1. The van der Waals surface area contributed by atoms with Gasteiger partial charge in [0.05, 0.1) is 4.92 Å². The van der Waals surface area contributed by atoms with Crippen LogP contribution in [-0.4, -0.2) is 16.7 Å². The number of nitro groups is 1. The average Bonchev–Trinajstić information content (AvgIpc) is 2.75. The second-order valence-corrected chi connectivity index (χ2v) is 7.60. The topological polar surface area (TPSA) is 101 Å². The first-order valence-electron chi connectivity index (χ1n) is 9.23. The Hall–Kier alpha value is -3.78. The van der Waals surface area contributed by atoms with E-state index in [1.807, 2.05) is 31.2 Å². The standard InChI is InChI=1S/C23H18BrN3O4/c1-15-2-6-17(7-3-15)22(28)26-21(14-16-4-8-18(24)9-5-16)23(29)25-19-10-12-20(13-11-19)27(30)31/h2-14H,1H3,(H,25,29)(H,26,28). The van der Waals surface area contributed by atoms with Gasteiger partial charge in [0.1, 0.15) is 5.70 Å². The van der Waals surface area contributed by atoms with Gasteiger partial charge < -0.3 is 10.6 Å². The highest BCUT2D eigenvalue weighted by molar-refractivity contribution is 9.10. The molecule has 0 atom stereocenters. The molecule has 156 valence electrons. The number of anilines is 1. The van der Waals surface area contributed by atoms with Crippen molar-refractivity contribution in [1.82, 2.24) is 5.32 Å². The maximum atomic E-state index is 12.9. The number of aryl methyl sites for hydroxylation is 1. The molecule has 2 amide bonds. The highest BCUT2D eigenvalue weighted by Crippen LogP contribution is 2.17. The van der Waals surface area contributed by atoms with Gasteiger partial charge in [-0.2, -0.15) is 0 Å². The molecule has 0 aliphatic rings. The van der Waals surface area contributed by atoms with Crippen LogP contribution in [0.25, 0.3) is 6.08 Å².